The molecule has 0 aromatic heterocycles. The second-order valence-electron chi connectivity index (χ2n) is 11.2. The summed E-state index contributed by atoms with van der Waals surface area (Å²) < 4.78 is 11.7. The molecule has 36 heavy (non-hydrogen) atoms. The number of methoxy groups -OCH3 is 1. The lowest BCUT2D eigenvalue weighted by atomic mass is 9.85. The topological polar surface area (TPSA) is 55.8 Å². The van der Waals surface area contributed by atoms with Crippen molar-refractivity contribution in [1.82, 2.24) is 4.90 Å². The van der Waals surface area contributed by atoms with Crippen LogP contribution in [-0.4, -0.2) is 44.9 Å². The molecule has 2 atom stereocenters. The van der Waals surface area contributed by atoms with Gasteiger partial charge < -0.3 is 14.1 Å². The second kappa shape index (κ2) is 11.1. The Hall–Kier alpha value is -2.15. The van der Waals surface area contributed by atoms with Crippen molar-refractivity contribution in [3.05, 3.63) is 69.2 Å². The van der Waals surface area contributed by atoms with Crippen LogP contribution >= 0.6 is 11.6 Å². The number of nitrogens with zero attached hydrogens (tertiary/aromatic N) is 1. The largest absolute Gasteiger partial charge is 0.465 e. The minimum Gasteiger partial charge on any atom is -0.465 e. The fourth-order valence-electron chi connectivity index (χ4n) is 4.64. The van der Waals surface area contributed by atoms with Crippen molar-refractivity contribution in [1.29, 1.82) is 0 Å². The van der Waals surface area contributed by atoms with Crippen molar-refractivity contribution in [2.75, 3.05) is 13.7 Å². The van der Waals surface area contributed by atoms with Gasteiger partial charge in [-0.25, -0.2) is 4.79 Å². The van der Waals surface area contributed by atoms with Gasteiger partial charge in [0.1, 0.15) is 0 Å². The molecule has 0 radical (unpaired) electrons. The maximum Gasteiger partial charge on any atom is 0.338 e. The number of ether oxygens (including phenoxy) is 1. The number of rotatable bonds is 7. The highest BCUT2D eigenvalue weighted by Gasteiger charge is 2.41. The van der Waals surface area contributed by atoms with Crippen molar-refractivity contribution < 1.29 is 18.8 Å². The predicted molar refractivity (Wildman–Crippen MR) is 148 cm³/mol. The Morgan fingerprint density at radius 3 is 2.47 bits per heavy atom. The molecule has 0 spiro atoms. The summed E-state index contributed by atoms with van der Waals surface area (Å²) in [6.07, 6.45) is 1.64. The van der Waals surface area contributed by atoms with E-state index in [2.05, 4.69) is 40.8 Å². The SMILES string of the molecule is CCc1ccc(Cl)c(CC(=O)N2[C@@H](CO[Si](C)(C)C(C)(C)C)Cc3c(C(=O)OC)cccc3[C@@H]2C)c1. The number of fused-ring (bicyclic) bond motifs is 1. The van der Waals surface area contributed by atoms with Crippen molar-refractivity contribution in [2.24, 2.45) is 0 Å². The third kappa shape index (κ3) is 5.87. The first kappa shape index (κ1) is 28.4. The molecule has 0 N–H and O–H groups in total. The molecule has 2 aromatic rings. The van der Waals surface area contributed by atoms with Crippen molar-refractivity contribution in [3.8, 4) is 0 Å². The molecule has 0 aliphatic carbocycles. The zero-order chi connectivity index (χ0) is 26.8. The Morgan fingerprint density at radius 1 is 1.17 bits per heavy atom. The summed E-state index contributed by atoms with van der Waals surface area (Å²) in [5.41, 5.74) is 4.47. The van der Waals surface area contributed by atoms with Crippen LogP contribution in [0.4, 0.5) is 0 Å². The first-order valence-corrected chi connectivity index (χ1v) is 16.0. The molecule has 196 valence electrons. The molecule has 2 aromatic carbocycles. The number of esters is 1. The lowest BCUT2D eigenvalue weighted by molar-refractivity contribution is -0.137. The summed E-state index contributed by atoms with van der Waals surface area (Å²) in [6, 6.07) is 11.1. The minimum absolute atomic E-state index is 0.00982. The van der Waals surface area contributed by atoms with Gasteiger partial charge in [-0.05, 0) is 72.3 Å². The zero-order valence-corrected chi connectivity index (χ0v) is 24.7. The highest BCUT2D eigenvalue weighted by Crippen LogP contribution is 2.39. The molecule has 1 aliphatic heterocycles. The lowest BCUT2D eigenvalue weighted by Gasteiger charge is -2.45. The Kier molecular flexibility index (Phi) is 8.74. The summed E-state index contributed by atoms with van der Waals surface area (Å²) in [7, 11) is -0.656. The monoisotopic (exact) mass is 529 g/mol. The molecule has 0 saturated carbocycles. The van der Waals surface area contributed by atoms with E-state index in [1.54, 1.807) is 6.07 Å². The number of halogens is 1. The summed E-state index contributed by atoms with van der Waals surface area (Å²) in [4.78, 5) is 28.4. The smallest absolute Gasteiger partial charge is 0.338 e. The number of benzene rings is 2. The molecule has 1 aliphatic rings. The van der Waals surface area contributed by atoms with Crippen LogP contribution in [0.25, 0.3) is 0 Å². The molecular weight excluding hydrogens is 490 g/mol. The van der Waals surface area contributed by atoms with Gasteiger partial charge in [0.15, 0.2) is 8.32 Å². The van der Waals surface area contributed by atoms with Gasteiger partial charge in [-0.3, -0.25) is 4.79 Å². The van der Waals surface area contributed by atoms with Crippen molar-refractivity contribution >= 4 is 31.8 Å². The zero-order valence-electron chi connectivity index (χ0n) is 22.9. The normalized spacial score (nSPS) is 18.1. The van der Waals surface area contributed by atoms with Crippen molar-refractivity contribution in [3.63, 3.8) is 0 Å². The van der Waals surface area contributed by atoms with Gasteiger partial charge in [0.05, 0.1) is 37.8 Å². The quantitative estimate of drug-likeness (QED) is 0.293. The van der Waals surface area contributed by atoms with Crippen LogP contribution in [0.1, 0.15) is 73.3 Å². The molecule has 7 heteroatoms. The van der Waals surface area contributed by atoms with E-state index in [4.69, 9.17) is 20.8 Å². The van der Waals surface area contributed by atoms with E-state index >= 15 is 0 Å². The maximum atomic E-state index is 13.9. The first-order chi connectivity index (χ1) is 16.8. The molecule has 1 amide bonds. The number of amides is 1. The molecule has 0 saturated heterocycles. The lowest BCUT2D eigenvalue weighted by Crippen LogP contribution is -2.52. The van der Waals surface area contributed by atoms with Crippen molar-refractivity contribution in [2.45, 2.75) is 84.1 Å². The van der Waals surface area contributed by atoms with Crippen LogP contribution in [0.15, 0.2) is 36.4 Å². The third-order valence-corrected chi connectivity index (χ3v) is 12.8. The average molecular weight is 530 g/mol. The molecule has 5 nitrogen and oxygen atoms in total. The summed E-state index contributed by atoms with van der Waals surface area (Å²) >= 11 is 6.49. The molecule has 0 fully saturated rings. The van der Waals surface area contributed by atoms with Gasteiger partial charge in [0, 0.05) is 5.02 Å². The van der Waals surface area contributed by atoms with E-state index in [0.717, 1.165) is 28.7 Å². The first-order valence-electron chi connectivity index (χ1n) is 12.7. The van der Waals surface area contributed by atoms with Crippen LogP contribution in [0, 0.1) is 0 Å². The Bertz CT molecular complexity index is 1120. The summed E-state index contributed by atoms with van der Waals surface area (Å²) in [5, 5.41) is 0.651. The Morgan fingerprint density at radius 2 is 1.86 bits per heavy atom. The Labute approximate surface area is 222 Å². The maximum absolute atomic E-state index is 13.9. The highest BCUT2D eigenvalue weighted by molar-refractivity contribution is 6.74. The van der Waals surface area contributed by atoms with Gasteiger partial charge >= 0.3 is 5.97 Å². The number of aryl methyl sites for hydroxylation is 1. The predicted octanol–water partition coefficient (Wildman–Crippen LogP) is 6.77. The fourth-order valence-corrected chi connectivity index (χ4v) is 5.87. The molecule has 0 bridgehead atoms. The van der Waals surface area contributed by atoms with Gasteiger partial charge in [-0.15, -0.1) is 0 Å². The van der Waals surface area contributed by atoms with E-state index < -0.39 is 8.32 Å². The highest BCUT2D eigenvalue weighted by atomic mass is 35.5. The number of hydrogen-bond acceptors (Lipinski definition) is 4. The van der Waals surface area contributed by atoms with E-state index in [1.807, 2.05) is 42.2 Å². The number of carbonyl (C=O) groups is 2. The minimum atomic E-state index is -2.06. The van der Waals surface area contributed by atoms with Crippen LogP contribution in [-0.2, 0) is 33.2 Å². The molecular formula is C29H40ClNO4Si. The molecule has 3 rings (SSSR count). The van der Waals surface area contributed by atoms with Gasteiger partial charge in [0.25, 0.3) is 0 Å². The standard InChI is InChI=1S/C29H40ClNO4Si/c1-9-20-13-14-26(30)21(15-20)16-27(32)31-19(2)23-11-10-12-24(28(33)34-6)25(23)17-22(31)18-35-36(7,8)29(3,4)5/h10-15,19,22H,9,16-18H2,1-8H3/t19-,22+/m0/s1. The molecule has 1 heterocycles. The van der Waals surface area contributed by atoms with Crippen LogP contribution in [0.3, 0.4) is 0 Å². The van der Waals surface area contributed by atoms with E-state index in [1.165, 1.54) is 7.11 Å². The van der Waals surface area contributed by atoms with Crippen LogP contribution < -0.4 is 0 Å². The van der Waals surface area contributed by atoms with E-state index in [0.29, 0.717) is 23.6 Å². The Balaban J connectivity index is 2.00. The van der Waals surface area contributed by atoms with Crippen LogP contribution in [0.5, 0.6) is 0 Å². The van der Waals surface area contributed by atoms with E-state index in [9.17, 15) is 9.59 Å². The third-order valence-electron chi connectivity index (χ3n) is 7.91. The fraction of sp³-hybridized carbons (Fsp3) is 0.517. The molecule has 0 unspecified atom stereocenters. The van der Waals surface area contributed by atoms with E-state index in [-0.39, 0.29) is 35.4 Å². The number of carbonyl (C=O) groups excluding carboxylic acids is 2. The van der Waals surface area contributed by atoms with Gasteiger partial charge in [0.2, 0.25) is 5.91 Å². The van der Waals surface area contributed by atoms with Crippen LogP contribution in [0.2, 0.25) is 23.2 Å². The number of hydrogen-bond donors (Lipinski definition) is 0. The van der Waals surface area contributed by atoms with Gasteiger partial charge in [-0.2, -0.15) is 0 Å². The average Bonchev–Trinajstić information content (AvgIpc) is 2.82. The second-order valence-corrected chi connectivity index (χ2v) is 16.4. The van der Waals surface area contributed by atoms with Gasteiger partial charge in [-0.1, -0.05) is 63.6 Å². The summed E-state index contributed by atoms with van der Waals surface area (Å²) in [5.74, 6) is -0.346. The summed E-state index contributed by atoms with van der Waals surface area (Å²) in [6.45, 7) is 15.6.